The van der Waals surface area contributed by atoms with E-state index in [-0.39, 0.29) is 10.6 Å². The Morgan fingerprint density at radius 3 is 2.94 bits per heavy atom. The fourth-order valence-corrected chi connectivity index (χ4v) is 1.47. The minimum Gasteiger partial charge on any atom is -0.336 e. The van der Waals surface area contributed by atoms with Crippen LogP contribution in [0, 0.1) is 6.92 Å². The second-order valence-corrected chi connectivity index (χ2v) is 3.70. The highest BCUT2D eigenvalue weighted by molar-refractivity contribution is 6.32. The lowest BCUT2D eigenvalue weighted by atomic mass is 10.4. The number of nitrogens with one attached hydrogen (secondary N) is 2. The van der Waals surface area contributed by atoms with Crippen LogP contribution in [0.1, 0.15) is 5.69 Å². The van der Waals surface area contributed by atoms with E-state index in [9.17, 15) is 4.79 Å². The Hall–Kier alpha value is -1.82. The second kappa shape index (κ2) is 3.97. The maximum atomic E-state index is 11.2. The van der Waals surface area contributed by atoms with Gasteiger partial charge in [-0.25, -0.2) is 4.98 Å². The third kappa shape index (κ3) is 1.92. The molecule has 0 atom stereocenters. The summed E-state index contributed by atoms with van der Waals surface area (Å²) in [6.07, 6.45) is 3.08. The van der Waals surface area contributed by atoms with Crippen LogP contribution in [0.25, 0.3) is 0 Å². The number of hydrogen-bond donors (Lipinski definition) is 2. The Bertz CT molecular complexity index is 574. The van der Waals surface area contributed by atoms with E-state index in [0.29, 0.717) is 5.82 Å². The minimum absolute atomic E-state index is 0.0331. The summed E-state index contributed by atoms with van der Waals surface area (Å²) >= 11 is 5.81. The van der Waals surface area contributed by atoms with Gasteiger partial charge in [0.05, 0.1) is 17.7 Å². The fourth-order valence-electron chi connectivity index (χ4n) is 1.32. The average molecular weight is 240 g/mol. The monoisotopic (exact) mass is 239 g/mol. The van der Waals surface area contributed by atoms with Gasteiger partial charge in [0.2, 0.25) is 0 Å². The smallest absolute Gasteiger partial charge is 0.271 e. The highest BCUT2D eigenvalue weighted by atomic mass is 35.5. The van der Waals surface area contributed by atoms with Gasteiger partial charge in [-0.15, -0.1) is 0 Å². The van der Waals surface area contributed by atoms with Gasteiger partial charge in [0.15, 0.2) is 5.82 Å². The molecule has 84 valence electrons. The molecule has 0 spiro atoms. The summed E-state index contributed by atoms with van der Waals surface area (Å²) in [7, 11) is 1.81. The van der Waals surface area contributed by atoms with Crippen molar-refractivity contribution in [3.05, 3.63) is 33.6 Å². The van der Waals surface area contributed by atoms with Gasteiger partial charge in [-0.1, -0.05) is 11.6 Å². The van der Waals surface area contributed by atoms with Crippen molar-refractivity contribution in [1.29, 1.82) is 0 Å². The Morgan fingerprint density at radius 2 is 2.31 bits per heavy atom. The normalized spacial score (nSPS) is 10.4. The van der Waals surface area contributed by atoms with Crippen LogP contribution in [-0.2, 0) is 7.05 Å². The summed E-state index contributed by atoms with van der Waals surface area (Å²) < 4.78 is 1.67. The standard InChI is InChI=1S/C9H10ClN5O/c1-5-6(3-15(2)14-5)13-8-7(10)9(16)12-4-11-8/h3-4H,1-2H3,(H2,11,12,13,16). The topological polar surface area (TPSA) is 75.6 Å². The zero-order valence-electron chi connectivity index (χ0n) is 8.78. The van der Waals surface area contributed by atoms with Gasteiger partial charge in [0.25, 0.3) is 5.56 Å². The molecule has 0 unspecified atom stereocenters. The molecule has 2 N–H and O–H groups in total. The first-order chi connectivity index (χ1) is 7.58. The third-order valence-corrected chi connectivity index (χ3v) is 2.41. The van der Waals surface area contributed by atoms with Crippen LogP contribution in [0.4, 0.5) is 11.5 Å². The first-order valence-electron chi connectivity index (χ1n) is 4.58. The van der Waals surface area contributed by atoms with Gasteiger partial charge in [-0.3, -0.25) is 9.48 Å². The number of H-pyrrole nitrogens is 1. The van der Waals surface area contributed by atoms with E-state index in [0.717, 1.165) is 11.4 Å². The summed E-state index contributed by atoms with van der Waals surface area (Å²) in [6, 6.07) is 0. The summed E-state index contributed by atoms with van der Waals surface area (Å²) in [5.41, 5.74) is 1.20. The molecule has 2 aromatic rings. The van der Waals surface area contributed by atoms with Crippen molar-refractivity contribution in [1.82, 2.24) is 19.7 Å². The molecule has 2 heterocycles. The van der Waals surface area contributed by atoms with Gasteiger partial charge in [-0.2, -0.15) is 5.10 Å². The molecule has 0 aliphatic carbocycles. The van der Waals surface area contributed by atoms with Crippen LogP contribution >= 0.6 is 11.6 Å². The highest BCUT2D eigenvalue weighted by Gasteiger charge is 2.09. The molecular weight excluding hydrogens is 230 g/mol. The van der Waals surface area contributed by atoms with Gasteiger partial charge in [0, 0.05) is 13.2 Å². The molecule has 0 aromatic carbocycles. The zero-order valence-corrected chi connectivity index (χ0v) is 9.54. The Morgan fingerprint density at radius 1 is 1.56 bits per heavy atom. The Balaban J connectivity index is 2.38. The van der Waals surface area contributed by atoms with E-state index in [4.69, 9.17) is 11.6 Å². The van der Waals surface area contributed by atoms with Gasteiger partial charge >= 0.3 is 0 Å². The van der Waals surface area contributed by atoms with E-state index in [1.165, 1.54) is 6.33 Å². The predicted octanol–water partition coefficient (Wildman–Crippen LogP) is 1.21. The van der Waals surface area contributed by atoms with Crippen molar-refractivity contribution in [2.24, 2.45) is 7.05 Å². The molecule has 2 aromatic heterocycles. The summed E-state index contributed by atoms with van der Waals surface area (Å²) in [5.74, 6) is 0.321. The molecule has 0 fully saturated rings. The maximum Gasteiger partial charge on any atom is 0.271 e. The van der Waals surface area contributed by atoms with Crippen LogP contribution in [0.2, 0.25) is 5.02 Å². The summed E-state index contributed by atoms with van der Waals surface area (Å²) in [6.45, 7) is 1.85. The molecular formula is C9H10ClN5O. The molecule has 6 nitrogen and oxygen atoms in total. The lowest BCUT2D eigenvalue weighted by molar-refractivity contribution is 0.756. The largest absolute Gasteiger partial charge is 0.336 e. The average Bonchev–Trinajstić information content (AvgIpc) is 2.53. The van der Waals surface area contributed by atoms with E-state index < -0.39 is 0 Å². The van der Waals surface area contributed by atoms with Gasteiger partial charge < -0.3 is 10.3 Å². The molecule has 0 saturated carbocycles. The maximum absolute atomic E-state index is 11.2. The predicted molar refractivity (Wildman–Crippen MR) is 61.1 cm³/mol. The molecule has 0 amide bonds. The highest BCUT2D eigenvalue weighted by Crippen LogP contribution is 2.20. The number of hydrogen-bond acceptors (Lipinski definition) is 4. The first-order valence-corrected chi connectivity index (χ1v) is 4.96. The number of anilines is 2. The van der Waals surface area contributed by atoms with E-state index >= 15 is 0 Å². The third-order valence-electron chi connectivity index (χ3n) is 2.06. The molecule has 2 rings (SSSR count). The fraction of sp³-hybridized carbons (Fsp3) is 0.222. The van der Waals surface area contributed by atoms with Crippen molar-refractivity contribution in [2.75, 3.05) is 5.32 Å². The van der Waals surface area contributed by atoms with E-state index in [1.54, 1.807) is 10.9 Å². The van der Waals surface area contributed by atoms with Crippen molar-refractivity contribution in [2.45, 2.75) is 6.92 Å². The molecule has 0 saturated heterocycles. The lowest BCUT2D eigenvalue weighted by Gasteiger charge is -2.03. The van der Waals surface area contributed by atoms with Crippen LogP contribution in [0.15, 0.2) is 17.3 Å². The molecule has 0 aliphatic heterocycles. The van der Waals surface area contributed by atoms with Crippen molar-refractivity contribution in [3.8, 4) is 0 Å². The van der Waals surface area contributed by atoms with E-state index in [1.807, 2.05) is 14.0 Å². The van der Waals surface area contributed by atoms with Crippen molar-refractivity contribution < 1.29 is 0 Å². The number of halogens is 1. The quantitative estimate of drug-likeness (QED) is 0.826. The zero-order chi connectivity index (χ0) is 11.7. The van der Waals surface area contributed by atoms with Gasteiger partial charge in [0.1, 0.15) is 5.02 Å². The second-order valence-electron chi connectivity index (χ2n) is 3.32. The van der Waals surface area contributed by atoms with Crippen LogP contribution in [-0.4, -0.2) is 19.7 Å². The van der Waals surface area contributed by atoms with Crippen LogP contribution in [0.3, 0.4) is 0 Å². The molecule has 0 radical (unpaired) electrons. The van der Waals surface area contributed by atoms with Crippen LogP contribution in [0.5, 0.6) is 0 Å². The number of rotatable bonds is 2. The molecule has 0 aliphatic rings. The number of aromatic amines is 1. The van der Waals surface area contributed by atoms with Crippen molar-refractivity contribution >= 4 is 23.1 Å². The number of aromatic nitrogens is 4. The lowest BCUT2D eigenvalue weighted by Crippen LogP contribution is -2.09. The van der Waals surface area contributed by atoms with Gasteiger partial charge in [-0.05, 0) is 6.92 Å². The Kier molecular flexibility index (Phi) is 2.66. The number of nitrogens with zero attached hydrogens (tertiary/aromatic N) is 3. The Labute approximate surface area is 96.3 Å². The minimum atomic E-state index is -0.374. The van der Waals surface area contributed by atoms with E-state index in [2.05, 4.69) is 20.4 Å². The first kappa shape index (κ1) is 10.7. The molecule has 7 heteroatoms. The molecule has 0 bridgehead atoms. The summed E-state index contributed by atoms with van der Waals surface area (Å²) in [5, 5.41) is 7.15. The van der Waals surface area contributed by atoms with Crippen molar-refractivity contribution in [3.63, 3.8) is 0 Å². The summed E-state index contributed by atoms with van der Waals surface area (Å²) in [4.78, 5) is 17.6. The van der Waals surface area contributed by atoms with Crippen LogP contribution < -0.4 is 10.9 Å². The molecule has 16 heavy (non-hydrogen) atoms. The SMILES string of the molecule is Cc1nn(C)cc1Nc1nc[nH]c(=O)c1Cl. The number of aryl methyl sites for hydroxylation is 2.